The van der Waals surface area contributed by atoms with Gasteiger partial charge in [0.05, 0.1) is 18.7 Å². The van der Waals surface area contributed by atoms with E-state index in [1.807, 2.05) is 66.8 Å². The number of aryl methyl sites for hydroxylation is 3. The number of anilines is 2. The molecule has 0 aliphatic carbocycles. The average Bonchev–Trinajstić information content (AvgIpc) is 3.44. The van der Waals surface area contributed by atoms with E-state index in [1.54, 1.807) is 12.0 Å². The molecule has 10 heteroatoms. The lowest BCUT2D eigenvalue weighted by Gasteiger charge is -2.36. The zero-order chi connectivity index (χ0) is 25.4. The van der Waals surface area contributed by atoms with Gasteiger partial charge in [-0.15, -0.1) is 0 Å². The molecule has 0 spiro atoms. The van der Waals surface area contributed by atoms with E-state index < -0.39 is 0 Å². The molecule has 0 N–H and O–H groups in total. The average molecular weight is 490 g/mol. The molecule has 3 aromatic rings. The second-order valence-corrected chi connectivity index (χ2v) is 9.39. The van der Waals surface area contributed by atoms with E-state index >= 15 is 0 Å². The fraction of sp³-hybridized carbons (Fsp3) is 0.423. The van der Waals surface area contributed by atoms with Crippen LogP contribution in [0.2, 0.25) is 0 Å². The predicted octanol–water partition coefficient (Wildman–Crippen LogP) is 2.30. The summed E-state index contributed by atoms with van der Waals surface area (Å²) < 4.78 is 7.11. The van der Waals surface area contributed by atoms with Crippen molar-refractivity contribution >= 4 is 23.3 Å². The van der Waals surface area contributed by atoms with Gasteiger partial charge in [0, 0.05) is 62.7 Å². The highest BCUT2D eigenvalue weighted by molar-refractivity contribution is 6.00. The van der Waals surface area contributed by atoms with Crippen LogP contribution in [-0.4, -0.2) is 76.3 Å². The Labute approximate surface area is 210 Å². The Kier molecular flexibility index (Phi) is 6.34. The highest BCUT2D eigenvalue weighted by Gasteiger charge is 2.38. The fourth-order valence-corrected chi connectivity index (χ4v) is 4.98. The van der Waals surface area contributed by atoms with Crippen LogP contribution in [0.5, 0.6) is 5.75 Å². The standard InChI is InChI=1S/C26H31N7O3/c1-17-12-18(2)33(29-17)24-15-23(27-19(3)28-24)30-8-10-31(11-9-30)26(35)20-13-25(34)32(16-20)21-6-5-7-22(14-21)36-4/h5-7,12,14-15,20H,8-11,13,16H2,1-4H3. The molecular weight excluding hydrogens is 458 g/mol. The van der Waals surface area contributed by atoms with E-state index in [0.29, 0.717) is 44.3 Å². The van der Waals surface area contributed by atoms with Crippen LogP contribution in [-0.2, 0) is 9.59 Å². The second-order valence-electron chi connectivity index (χ2n) is 9.39. The molecule has 1 atom stereocenters. The Morgan fingerprint density at radius 3 is 2.44 bits per heavy atom. The van der Waals surface area contributed by atoms with Crippen LogP contribution in [0.15, 0.2) is 36.4 Å². The number of nitrogens with zero attached hydrogens (tertiary/aromatic N) is 7. The molecule has 2 aromatic heterocycles. The van der Waals surface area contributed by atoms with Crippen molar-refractivity contribution in [1.82, 2.24) is 24.6 Å². The molecule has 1 unspecified atom stereocenters. The van der Waals surface area contributed by atoms with Gasteiger partial charge < -0.3 is 19.4 Å². The molecule has 4 heterocycles. The summed E-state index contributed by atoms with van der Waals surface area (Å²) in [4.78, 5) is 40.9. The smallest absolute Gasteiger partial charge is 0.228 e. The lowest BCUT2D eigenvalue weighted by Crippen LogP contribution is -2.51. The number of carbonyl (C=O) groups is 2. The number of amides is 2. The summed E-state index contributed by atoms with van der Waals surface area (Å²) in [5.74, 6) is 2.60. The van der Waals surface area contributed by atoms with Gasteiger partial charge in [0.1, 0.15) is 17.4 Å². The fourth-order valence-electron chi connectivity index (χ4n) is 4.98. The summed E-state index contributed by atoms with van der Waals surface area (Å²) in [7, 11) is 1.60. The Morgan fingerprint density at radius 2 is 1.75 bits per heavy atom. The van der Waals surface area contributed by atoms with Crippen molar-refractivity contribution in [2.75, 3.05) is 49.6 Å². The van der Waals surface area contributed by atoms with Crippen LogP contribution >= 0.6 is 0 Å². The predicted molar refractivity (Wildman–Crippen MR) is 136 cm³/mol. The van der Waals surface area contributed by atoms with Gasteiger partial charge in [-0.1, -0.05) is 6.07 Å². The third-order valence-electron chi connectivity index (χ3n) is 6.79. The summed E-state index contributed by atoms with van der Waals surface area (Å²) >= 11 is 0. The quantitative estimate of drug-likeness (QED) is 0.543. The molecule has 188 valence electrons. The molecule has 2 aliphatic heterocycles. The zero-order valence-corrected chi connectivity index (χ0v) is 21.1. The Bertz CT molecular complexity index is 1300. The van der Waals surface area contributed by atoms with Gasteiger partial charge in [0.25, 0.3) is 0 Å². The number of benzene rings is 1. The highest BCUT2D eigenvalue weighted by atomic mass is 16.5. The summed E-state index contributed by atoms with van der Waals surface area (Å²) in [5, 5.41) is 4.55. The molecule has 2 aliphatic rings. The number of methoxy groups -OCH3 is 1. The number of ether oxygens (including phenoxy) is 1. The van der Waals surface area contributed by atoms with Gasteiger partial charge in [-0.3, -0.25) is 9.59 Å². The maximum absolute atomic E-state index is 13.3. The highest BCUT2D eigenvalue weighted by Crippen LogP contribution is 2.29. The first-order valence-corrected chi connectivity index (χ1v) is 12.2. The van der Waals surface area contributed by atoms with Crippen molar-refractivity contribution in [1.29, 1.82) is 0 Å². The third-order valence-corrected chi connectivity index (χ3v) is 6.79. The van der Waals surface area contributed by atoms with Crippen molar-refractivity contribution in [2.24, 2.45) is 5.92 Å². The molecular formula is C26H31N7O3. The summed E-state index contributed by atoms with van der Waals surface area (Å²) in [6.07, 6.45) is 0.230. The summed E-state index contributed by atoms with van der Waals surface area (Å²) in [5.41, 5.74) is 2.71. The van der Waals surface area contributed by atoms with E-state index in [0.717, 1.165) is 28.7 Å². The van der Waals surface area contributed by atoms with Crippen LogP contribution in [0.25, 0.3) is 5.82 Å². The van der Waals surface area contributed by atoms with Gasteiger partial charge in [-0.25, -0.2) is 14.6 Å². The minimum atomic E-state index is -0.339. The van der Waals surface area contributed by atoms with Gasteiger partial charge >= 0.3 is 0 Å². The normalized spacial score (nSPS) is 18.2. The Morgan fingerprint density at radius 1 is 1.00 bits per heavy atom. The van der Waals surface area contributed by atoms with Gasteiger partial charge in [-0.05, 0) is 39.0 Å². The monoisotopic (exact) mass is 489 g/mol. The third kappa shape index (κ3) is 4.62. The second kappa shape index (κ2) is 9.60. The maximum atomic E-state index is 13.3. The Balaban J connectivity index is 1.24. The number of aromatic nitrogens is 4. The van der Waals surface area contributed by atoms with E-state index in [4.69, 9.17) is 4.74 Å². The van der Waals surface area contributed by atoms with Crippen molar-refractivity contribution in [3.8, 4) is 11.6 Å². The van der Waals surface area contributed by atoms with E-state index in [-0.39, 0.29) is 24.2 Å². The van der Waals surface area contributed by atoms with Crippen LogP contribution in [0.4, 0.5) is 11.5 Å². The number of hydrogen-bond donors (Lipinski definition) is 0. The van der Waals surface area contributed by atoms with Crippen molar-refractivity contribution in [3.63, 3.8) is 0 Å². The molecule has 0 radical (unpaired) electrons. The van der Waals surface area contributed by atoms with Crippen LogP contribution in [0.3, 0.4) is 0 Å². The first-order valence-electron chi connectivity index (χ1n) is 12.2. The van der Waals surface area contributed by atoms with Crippen LogP contribution < -0.4 is 14.5 Å². The first-order chi connectivity index (χ1) is 17.3. The molecule has 2 amide bonds. The molecule has 0 saturated carbocycles. The van der Waals surface area contributed by atoms with Crippen LogP contribution in [0.1, 0.15) is 23.6 Å². The van der Waals surface area contributed by atoms with Gasteiger partial charge in [0.15, 0.2) is 5.82 Å². The maximum Gasteiger partial charge on any atom is 0.228 e. The summed E-state index contributed by atoms with van der Waals surface area (Å²) in [6, 6.07) is 11.4. The topological polar surface area (TPSA) is 96.7 Å². The molecule has 0 bridgehead atoms. The molecule has 1 aromatic carbocycles. The SMILES string of the molecule is COc1cccc(N2CC(C(=O)N3CCN(c4cc(-n5nc(C)cc5C)nc(C)n4)CC3)CC2=O)c1. The van der Waals surface area contributed by atoms with Crippen molar-refractivity contribution in [3.05, 3.63) is 53.6 Å². The minimum absolute atomic E-state index is 0.0339. The summed E-state index contributed by atoms with van der Waals surface area (Å²) in [6.45, 7) is 8.74. The van der Waals surface area contributed by atoms with E-state index in [1.165, 1.54) is 0 Å². The lowest BCUT2D eigenvalue weighted by molar-refractivity contribution is -0.136. The molecule has 36 heavy (non-hydrogen) atoms. The number of rotatable bonds is 5. The molecule has 2 fully saturated rings. The number of hydrogen-bond acceptors (Lipinski definition) is 7. The zero-order valence-electron chi connectivity index (χ0n) is 21.1. The van der Waals surface area contributed by atoms with Crippen molar-refractivity contribution < 1.29 is 14.3 Å². The molecule has 10 nitrogen and oxygen atoms in total. The lowest BCUT2D eigenvalue weighted by atomic mass is 10.1. The Hall–Kier alpha value is -3.95. The van der Waals surface area contributed by atoms with E-state index in [9.17, 15) is 9.59 Å². The van der Waals surface area contributed by atoms with Crippen LogP contribution in [0, 0.1) is 26.7 Å². The van der Waals surface area contributed by atoms with Gasteiger partial charge in [-0.2, -0.15) is 5.10 Å². The van der Waals surface area contributed by atoms with Gasteiger partial charge in [0.2, 0.25) is 11.8 Å². The number of piperazine rings is 1. The first kappa shape index (κ1) is 23.8. The molecule has 5 rings (SSSR count). The van der Waals surface area contributed by atoms with Crippen molar-refractivity contribution in [2.45, 2.75) is 27.2 Å². The number of carbonyl (C=O) groups excluding carboxylic acids is 2. The molecule has 2 saturated heterocycles. The largest absolute Gasteiger partial charge is 0.497 e. The minimum Gasteiger partial charge on any atom is -0.497 e. The van der Waals surface area contributed by atoms with E-state index in [2.05, 4.69) is 20.0 Å².